The van der Waals surface area contributed by atoms with Crippen LogP contribution in [-0.4, -0.2) is 56.7 Å². The molecule has 1 aromatic carbocycles. The van der Waals surface area contributed by atoms with Gasteiger partial charge in [-0.25, -0.2) is 0 Å². The van der Waals surface area contributed by atoms with Crippen molar-refractivity contribution in [3.8, 4) is 0 Å². The Kier molecular flexibility index (Phi) is 9.33. The van der Waals surface area contributed by atoms with E-state index in [2.05, 4.69) is 33.8 Å². The van der Waals surface area contributed by atoms with Crippen LogP contribution in [0.4, 0.5) is 0 Å². The normalized spacial score (nSPS) is 16.3. The van der Waals surface area contributed by atoms with Crippen LogP contribution in [0.1, 0.15) is 30.4 Å². The molecule has 0 saturated heterocycles. The standard InChI is InChI=1S/C20H30N4O2.HI/c1-21-20(22-10-4-12-26-15-16-7-8-16)23-13-19(25)24-11-9-17-5-2-3-6-18(17)14-24;/h2-3,5-6,16H,4,7-15H2,1H3,(H2,21,22,23);1H. The molecule has 1 aromatic rings. The van der Waals surface area contributed by atoms with Crippen molar-refractivity contribution in [1.82, 2.24) is 15.5 Å². The van der Waals surface area contributed by atoms with Gasteiger partial charge in [0.05, 0.1) is 6.54 Å². The quantitative estimate of drug-likeness (QED) is 0.256. The number of amides is 1. The van der Waals surface area contributed by atoms with Crippen molar-refractivity contribution in [2.24, 2.45) is 10.9 Å². The van der Waals surface area contributed by atoms with Crippen molar-refractivity contribution in [2.75, 3.05) is 39.9 Å². The Morgan fingerprint density at radius 3 is 2.78 bits per heavy atom. The van der Waals surface area contributed by atoms with Gasteiger partial charge >= 0.3 is 0 Å². The molecule has 0 radical (unpaired) electrons. The molecule has 1 aliphatic carbocycles. The lowest BCUT2D eigenvalue weighted by Crippen LogP contribution is -2.46. The molecule has 7 heteroatoms. The molecule has 0 aromatic heterocycles. The van der Waals surface area contributed by atoms with Crippen LogP contribution in [0, 0.1) is 5.92 Å². The summed E-state index contributed by atoms with van der Waals surface area (Å²) in [4.78, 5) is 18.6. The number of rotatable bonds is 8. The third-order valence-electron chi connectivity index (χ3n) is 4.92. The van der Waals surface area contributed by atoms with E-state index in [1.807, 2.05) is 11.0 Å². The predicted octanol–water partition coefficient (Wildman–Crippen LogP) is 2.17. The molecule has 27 heavy (non-hydrogen) atoms. The summed E-state index contributed by atoms with van der Waals surface area (Å²) < 4.78 is 5.62. The molecular weight excluding hydrogens is 455 g/mol. The number of nitrogens with one attached hydrogen (secondary N) is 2. The minimum atomic E-state index is 0. The van der Waals surface area contributed by atoms with Gasteiger partial charge in [-0.1, -0.05) is 24.3 Å². The van der Waals surface area contributed by atoms with Gasteiger partial charge in [0.2, 0.25) is 5.91 Å². The summed E-state index contributed by atoms with van der Waals surface area (Å²) in [6.45, 7) is 4.20. The summed E-state index contributed by atoms with van der Waals surface area (Å²) in [6, 6.07) is 8.35. The van der Waals surface area contributed by atoms with Gasteiger partial charge in [-0.15, -0.1) is 24.0 Å². The minimum absolute atomic E-state index is 0. The zero-order valence-electron chi connectivity index (χ0n) is 16.1. The van der Waals surface area contributed by atoms with Crippen molar-refractivity contribution >= 4 is 35.8 Å². The van der Waals surface area contributed by atoms with Crippen LogP contribution in [0.5, 0.6) is 0 Å². The van der Waals surface area contributed by atoms with Crippen LogP contribution >= 0.6 is 24.0 Å². The number of fused-ring (bicyclic) bond motifs is 1. The number of hydrogen-bond acceptors (Lipinski definition) is 3. The largest absolute Gasteiger partial charge is 0.381 e. The minimum Gasteiger partial charge on any atom is -0.381 e. The maximum Gasteiger partial charge on any atom is 0.242 e. The number of nitrogens with zero attached hydrogens (tertiary/aromatic N) is 2. The van der Waals surface area contributed by atoms with Crippen molar-refractivity contribution in [2.45, 2.75) is 32.2 Å². The molecule has 1 amide bonds. The van der Waals surface area contributed by atoms with Gasteiger partial charge in [0, 0.05) is 39.9 Å². The zero-order chi connectivity index (χ0) is 18.2. The van der Waals surface area contributed by atoms with Crippen molar-refractivity contribution < 1.29 is 9.53 Å². The maximum atomic E-state index is 12.5. The number of benzene rings is 1. The first-order valence-corrected chi connectivity index (χ1v) is 9.63. The number of aliphatic imine (C=N–C) groups is 1. The molecule has 2 N–H and O–H groups in total. The van der Waals surface area contributed by atoms with E-state index in [1.54, 1.807) is 7.05 Å². The smallest absolute Gasteiger partial charge is 0.242 e. The lowest BCUT2D eigenvalue weighted by molar-refractivity contribution is -0.130. The van der Waals surface area contributed by atoms with E-state index >= 15 is 0 Å². The summed E-state index contributed by atoms with van der Waals surface area (Å²) in [5, 5.41) is 6.35. The third-order valence-corrected chi connectivity index (χ3v) is 4.92. The van der Waals surface area contributed by atoms with E-state index in [9.17, 15) is 4.79 Å². The number of guanidine groups is 1. The summed E-state index contributed by atoms with van der Waals surface area (Å²) in [7, 11) is 1.72. The molecule has 1 saturated carbocycles. The predicted molar refractivity (Wildman–Crippen MR) is 119 cm³/mol. The highest BCUT2D eigenvalue weighted by Crippen LogP contribution is 2.28. The lowest BCUT2D eigenvalue weighted by atomic mass is 10.00. The van der Waals surface area contributed by atoms with Gasteiger partial charge in [-0.3, -0.25) is 9.79 Å². The SMILES string of the molecule is CN=C(NCCCOCC1CC1)NCC(=O)N1CCc2ccccc2C1.I. The molecule has 1 aliphatic heterocycles. The average molecular weight is 486 g/mol. The molecule has 1 fully saturated rings. The zero-order valence-corrected chi connectivity index (χ0v) is 18.4. The summed E-state index contributed by atoms with van der Waals surface area (Å²) in [5.74, 6) is 1.58. The van der Waals surface area contributed by atoms with Gasteiger partial charge in [0.25, 0.3) is 0 Å². The topological polar surface area (TPSA) is 66.0 Å². The monoisotopic (exact) mass is 486 g/mol. The van der Waals surface area contributed by atoms with Gasteiger partial charge < -0.3 is 20.3 Å². The number of ether oxygens (including phenoxy) is 1. The Balaban J connectivity index is 0.00000261. The Hall–Kier alpha value is -1.35. The second-order valence-electron chi connectivity index (χ2n) is 7.06. The summed E-state index contributed by atoms with van der Waals surface area (Å²) >= 11 is 0. The summed E-state index contributed by atoms with van der Waals surface area (Å²) in [5.41, 5.74) is 2.60. The molecular formula is C20H31IN4O2. The van der Waals surface area contributed by atoms with Crippen LogP contribution in [0.2, 0.25) is 0 Å². The van der Waals surface area contributed by atoms with E-state index in [-0.39, 0.29) is 36.4 Å². The van der Waals surface area contributed by atoms with Crippen molar-refractivity contribution in [3.63, 3.8) is 0 Å². The number of hydrogen-bond donors (Lipinski definition) is 2. The van der Waals surface area contributed by atoms with Gasteiger partial charge in [0.1, 0.15) is 0 Å². The van der Waals surface area contributed by atoms with E-state index in [0.29, 0.717) is 12.5 Å². The highest BCUT2D eigenvalue weighted by atomic mass is 127. The maximum absolute atomic E-state index is 12.5. The van der Waals surface area contributed by atoms with Crippen molar-refractivity contribution in [3.05, 3.63) is 35.4 Å². The van der Waals surface area contributed by atoms with Gasteiger partial charge in [0.15, 0.2) is 5.96 Å². The van der Waals surface area contributed by atoms with Crippen LogP contribution in [-0.2, 0) is 22.5 Å². The van der Waals surface area contributed by atoms with E-state index in [1.165, 1.54) is 24.0 Å². The fourth-order valence-electron chi connectivity index (χ4n) is 3.12. The van der Waals surface area contributed by atoms with Crippen molar-refractivity contribution in [1.29, 1.82) is 0 Å². The molecule has 3 rings (SSSR count). The van der Waals surface area contributed by atoms with Crippen LogP contribution in [0.3, 0.4) is 0 Å². The van der Waals surface area contributed by atoms with E-state index in [0.717, 1.165) is 45.1 Å². The van der Waals surface area contributed by atoms with E-state index in [4.69, 9.17) is 4.74 Å². The van der Waals surface area contributed by atoms with Crippen LogP contribution in [0.25, 0.3) is 0 Å². The second-order valence-corrected chi connectivity index (χ2v) is 7.06. The first kappa shape index (κ1) is 21.9. The molecule has 2 aliphatic rings. The molecule has 150 valence electrons. The molecule has 0 atom stereocenters. The fourth-order valence-corrected chi connectivity index (χ4v) is 3.12. The summed E-state index contributed by atoms with van der Waals surface area (Å²) in [6.07, 6.45) is 4.51. The van der Waals surface area contributed by atoms with Crippen LogP contribution < -0.4 is 10.6 Å². The van der Waals surface area contributed by atoms with Crippen LogP contribution in [0.15, 0.2) is 29.3 Å². The first-order valence-electron chi connectivity index (χ1n) is 9.63. The Morgan fingerprint density at radius 1 is 1.26 bits per heavy atom. The number of halogens is 1. The lowest BCUT2D eigenvalue weighted by Gasteiger charge is -2.29. The second kappa shape index (κ2) is 11.5. The molecule has 0 spiro atoms. The highest BCUT2D eigenvalue weighted by molar-refractivity contribution is 14.0. The third kappa shape index (κ3) is 7.29. The molecule has 6 nitrogen and oxygen atoms in total. The average Bonchev–Trinajstić information content (AvgIpc) is 3.50. The highest BCUT2D eigenvalue weighted by Gasteiger charge is 2.21. The fraction of sp³-hybridized carbons (Fsp3) is 0.600. The number of carbonyl (C=O) groups excluding carboxylic acids is 1. The van der Waals surface area contributed by atoms with Gasteiger partial charge in [-0.2, -0.15) is 0 Å². The Bertz CT molecular complexity index is 634. The van der Waals surface area contributed by atoms with E-state index < -0.39 is 0 Å². The first-order chi connectivity index (χ1) is 12.8. The Labute approximate surface area is 179 Å². The molecule has 0 bridgehead atoms. The van der Waals surface area contributed by atoms with Gasteiger partial charge in [-0.05, 0) is 42.7 Å². The number of carbonyl (C=O) groups is 1. The molecule has 0 unspecified atom stereocenters. The Morgan fingerprint density at radius 2 is 2.04 bits per heavy atom. The molecule has 1 heterocycles.